The number of nitrogens with one attached hydrogen (secondary N) is 1. The van der Waals surface area contributed by atoms with Crippen LogP contribution < -0.4 is 11.1 Å². The number of nitrogens with two attached hydrogens (primary N) is 1. The maximum atomic E-state index is 5.66. The molecule has 3 N–H and O–H groups in total. The van der Waals surface area contributed by atoms with E-state index in [-0.39, 0.29) is 6.04 Å². The lowest BCUT2D eigenvalue weighted by Gasteiger charge is -2.08. The van der Waals surface area contributed by atoms with Crippen molar-refractivity contribution < 1.29 is 0 Å². The highest BCUT2D eigenvalue weighted by molar-refractivity contribution is 5.79. The van der Waals surface area contributed by atoms with E-state index in [2.05, 4.69) is 22.4 Å². The predicted octanol–water partition coefficient (Wildman–Crippen LogP) is 1.99. The lowest BCUT2D eigenvalue weighted by atomic mass is 10.2. The van der Waals surface area contributed by atoms with Crippen LogP contribution in [0, 0.1) is 0 Å². The minimum atomic E-state index is 0.137. The fraction of sp³-hybridized carbons (Fsp3) is 0.250. The quantitative estimate of drug-likeness (QED) is 0.798. The van der Waals surface area contributed by atoms with E-state index in [0.717, 1.165) is 23.3 Å². The second-order valence-electron chi connectivity index (χ2n) is 3.75. The van der Waals surface area contributed by atoms with Gasteiger partial charge in [-0.2, -0.15) is 0 Å². The summed E-state index contributed by atoms with van der Waals surface area (Å²) in [5.41, 5.74) is 6.67. The van der Waals surface area contributed by atoms with Gasteiger partial charge in [0.15, 0.2) is 0 Å². The van der Waals surface area contributed by atoms with Crippen molar-refractivity contribution in [3.8, 4) is 0 Å². The number of hydrogen-bond donors (Lipinski definition) is 2. The molecule has 0 spiro atoms. The Morgan fingerprint density at radius 1 is 1.27 bits per heavy atom. The molecule has 0 fully saturated rings. The molecule has 0 aliphatic carbocycles. The molecule has 0 aliphatic rings. The molecule has 0 amide bonds. The van der Waals surface area contributed by atoms with Crippen molar-refractivity contribution >= 4 is 16.7 Å². The molecule has 3 nitrogen and oxygen atoms in total. The summed E-state index contributed by atoms with van der Waals surface area (Å²) in [5, 5.41) is 4.36. The topological polar surface area (TPSA) is 50.9 Å². The van der Waals surface area contributed by atoms with Crippen LogP contribution in [0.4, 0.5) is 5.82 Å². The molecular formula is C12H15N3. The molecule has 1 unspecified atom stereocenters. The summed E-state index contributed by atoms with van der Waals surface area (Å²) < 4.78 is 0. The van der Waals surface area contributed by atoms with Crippen LogP contribution in [0.2, 0.25) is 0 Å². The number of benzene rings is 1. The second-order valence-corrected chi connectivity index (χ2v) is 3.75. The zero-order valence-corrected chi connectivity index (χ0v) is 8.77. The minimum Gasteiger partial charge on any atom is -0.369 e. The molecule has 0 saturated heterocycles. The van der Waals surface area contributed by atoms with Gasteiger partial charge in [0.05, 0.1) is 5.52 Å². The third kappa shape index (κ3) is 2.44. The van der Waals surface area contributed by atoms with Gasteiger partial charge >= 0.3 is 0 Å². The normalized spacial score (nSPS) is 12.7. The first kappa shape index (κ1) is 9.93. The number of nitrogens with zero attached hydrogens (tertiary/aromatic N) is 1. The van der Waals surface area contributed by atoms with Crippen molar-refractivity contribution in [1.29, 1.82) is 0 Å². The molecule has 1 heterocycles. The Balaban J connectivity index is 2.23. The first-order valence-electron chi connectivity index (χ1n) is 5.11. The van der Waals surface area contributed by atoms with Crippen LogP contribution in [0.5, 0.6) is 0 Å². The molecule has 2 rings (SSSR count). The Hall–Kier alpha value is -1.61. The summed E-state index contributed by atoms with van der Waals surface area (Å²) in [6.45, 7) is 2.71. The van der Waals surface area contributed by atoms with Gasteiger partial charge in [-0.15, -0.1) is 0 Å². The van der Waals surface area contributed by atoms with Crippen LogP contribution >= 0.6 is 0 Å². The van der Waals surface area contributed by atoms with Crippen LogP contribution in [0.15, 0.2) is 36.4 Å². The molecule has 0 radical (unpaired) electrons. The van der Waals surface area contributed by atoms with E-state index in [9.17, 15) is 0 Å². The number of aromatic nitrogens is 1. The SMILES string of the molecule is CC(N)CNc1ccc2ccccc2n1. The van der Waals surface area contributed by atoms with Crippen molar-refractivity contribution in [2.45, 2.75) is 13.0 Å². The molecule has 3 heteroatoms. The number of hydrogen-bond acceptors (Lipinski definition) is 3. The lowest BCUT2D eigenvalue weighted by Crippen LogP contribution is -2.25. The first-order valence-corrected chi connectivity index (χ1v) is 5.11. The van der Waals surface area contributed by atoms with Gasteiger partial charge in [0.2, 0.25) is 0 Å². The molecule has 1 aromatic heterocycles. The molecule has 78 valence electrons. The van der Waals surface area contributed by atoms with Crippen molar-refractivity contribution in [3.63, 3.8) is 0 Å². The summed E-state index contributed by atoms with van der Waals surface area (Å²) in [6.07, 6.45) is 0. The van der Waals surface area contributed by atoms with E-state index in [1.807, 2.05) is 31.2 Å². The van der Waals surface area contributed by atoms with Gasteiger partial charge in [-0.1, -0.05) is 18.2 Å². The third-order valence-electron chi connectivity index (χ3n) is 2.20. The van der Waals surface area contributed by atoms with E-state index in [4.69, 9.17) is 5.73 Å². The largest absolute Gasteiger partial charge is 0.369 e. The minimum absolute atomic E-state index is 0.137. The van der Waals surface area contributed by atoms with Crippen LogP contribution in [0.1, 0.15) is 6.92 Å². The predicted molar refractivity (Wildman–Crippen MR) is 63.9 cm³/mol. The number of para-hydroxylation sites is 1. The summed E-state index contributed by atoms with van der Waals surface area (Å²) in [5.74, 6) is 0.881. The van der Waals surface area contributed by atoms with E-state index in [1.165, 1.54) is 0 Å². The molecule has 1 atom stereocenters. The molecule has 0 aliphatic heterocycles. The van der Waals surface area contributed by atoms with Crippen LogP contribution in [0.25, 0.3) is 10.9 Å². The highest BCUT2D eigenvalue weighted by Crippen LogP contribution is 2.14. The maximum absolute atomic E-state index is 5.66. The maximum Gasteiger partial charge on any atom is 0.126 e. The van der Waals surface area contributed by atoms with Crippen LogP contribution in [-0.4, -0.2) is 17.6 Å². The first-order chi connectivity index (χ1) is 7.25. The van der Waals surface area contributed by atoms with Gasteiger partial charge in [0, 0.05) is 18.0 Å². The van der Waals surface area contributed by atoms with Crippen molar-refractivity contribution in [2.24, 2.45) is 5.73 Å². The summed E-state index contributed by atoms with van der Waals surface area (Å²) in [4.78, 5) is 4.48. The summed E-state index contributed by atoms with van der Waals surface area (Å²) >= 11 is 0. The Kier molecular flexibility index (Phi) is 2.83. The number of pyridine rings is 1. The molecular weight excluding hydrogens is 186 g/mol. The molecule has 1 aromatic carbocycles. The van der Waals surface area contributed by atoms with E-state index in [0.29, 0.717) is 0 Å². The third-order valence-corrected chi connectivity index (χ3v) is 2.20. The van der Waals surface area contributed by atoms with Crippen molar-refractivity contribution in [3.05, 3.63) is 36.4 Å². The zero-order valence-electron chi connectivity index (χ0n) is 8.77. The lowest BCUT2D eigenvalue weighted by molar-refractivity contribution is 0.778. The Morgan fingerprint density at radius 2 is 2.07 bits per heavy atom. The van der Waals surface area contributed by atoms with Crippen molar-refractivity contribution in [1.82, 2.24) is 4.98 Å². The Labute approximate surface area is 89.3 Å². The van der Waals surface area contributed by atoms with Gasteiger partial charge in [-0.3, -0.25) is 0 Å². The van der Waals surface area contributed by atoms with E-state index < -0.39 is 0 Å². The van der Waals surface area contributed by atoms with Gasteiger partial charge in [-0.05, 0) is 25.1 Å². The highest BCUT2D eigenvalue weighted by atomic mass is 15.0. The second kappa shape index (κ2) is 4.28. The number of fused-ring (bicyclic) bond motifs is 1. The summed E-state index contributed by atoms with van der Waals surface area (Å²) in [6, 6.07) is 12.2. The number of rotatable bonds is 3. The van der Waals surface area contributed by atoms with Crippen LogP contribution in [-0.2, 0) is 0 Å². The smallest absolute Gasteiger partial charge is 0.126 e. The average Bonchev–Trinajstić information content (AvgIpc) is 2.26. The zero-order chi connectivity index (χ0) is 10.7. The molecule has 2 aromatic rings. The van der Waals surface area contributed by atoms with E-state index in [1.54, 1.807) is 0 Å². The van der Waals surface area contributed by atoms with Gasteiger partial charge in [-0.25, -0.2) is 4.98 Å². The fourth-order valence-electron chi connectivity index (χ4n) is 1.43. The Bertz CT molecular complexity index is 451. The fourth-order valence-corrected chi connectivity index (χ4v) is 1.43. The van der Waals surface area contributed by atoms with Crippen molar-refractivity contribution in [2.75, 3.05) is 11.9 Å². The molecule has 15 heavy (non-hydrogen) atoms. The standard InChI is InChI=1S/C12H15N3/c1-9(13)8-14-12-7-6-10-4-2-3-5-11(10)15-12/h2-7,9H,8,13H2,1H3,(H,14,15). The average molecular weight is 201 g/mol. The highest BCUT2D eigenvalue weighted by Gasteiger charge is 1.98. The van der Waals surface area contributed by atoms with Crippen LogP contribution in [0.3, 0.4) is 0 Å². The van der Waals surface area contributed by atoms with Gasteiger partial charge in [0.25, 0.3) is 0 Å². The molecule has 0 bridgehead atoms. The Morgan fingerprint density at radius 3 is 2.87 bits per heavy atom. The summed E-state index contributed by atoms with van der Waals surface area (Å²) in [7, 11) is 0. The van der Waals surface area contributed by atoms with Gasteiger partial charge < -0.3 is 11.1 Å². The molecule has 0 saturated carbocycles. The monoisotopic (exact) mass is 201 g/mol. The number of anilines is 1. The van der Waals surface area contributed by atoms with Gasteiger partial charge in [0.1, 0.15) is 5.82 Å². The van der Waals surface area contributed by atoms with E-state index >= 15 is 0 Å².